The predicted octanol–water partition coefficient (Wildman–Crippen LogP) is 3.33. The molecule has 0 unspecified atom stereocenters. The first-order chi connectivity index (χ1) is 14.0. The van der Waals surface area contributed by atoms with Gasteiger partial charge in [0.25, 0.3) is 5.91 Å². The van der Waals surface area contributed by atoms with Crippen molar-refractivity contribution in [1.29, 1.82) is 0 Å². The van der Waals surface area contributed by atoms with Crippen molar-refractivity contribution in [2.45, 2.75) is 32.0 Å². The smallest absolute Gasteiger partial charge is 0.257 e. The molecule has 1 aliphatic rings. The number of H-pyrrole nitrogens is 1. The second kappa shape index (κ2) is 7.85. The monoisotopic (exact) mass is 394 g/mol. The first-order valence-corrected chi connectivity index (χ1v) is 9.83. The Kier molecular flexibility index (Phi) is 5.25. The number of nitrogens with zero attached hydrogens (tertiary/aromatic N) is 1. The van der Waals surface area contributed by atoms with E-state index in [1.54, 1.807) is 7.11 Å². The van der Waals surface area contributed by atoms with Crippen molar-refractivity contribution in [3.63, 3.8) is 0 Å². The maximum Gasteiger partial charge on any atom is 0.257 e. The van der Waals surface area contributed by atoms with Crippen molar-refractivity contribution in [3.05, 3.63) is 42.5 Å². The van der Waals surface area contributed by atoms with Gasteiger partial charge in [-0.05, 0) is 69.3 Å². The molecule has 0 aliphatic carbocycles. The quantitative estimate of drug-likeness (QED) is 0.597. The third kappa shape index (κ3) is 3.83. The van der Waals surface area contributed by atoms with E-state index in [1.807, 2.05) is 56.3 Å². The number of ether oxygens (including phenoxy) is 2. The van der Waals surface area contributed by atoms with Gasteiger partial charge in [-0.25, -0.2) is 0 Å². The average Bonchev–Trinajstić information content (AvgIpc) is 3.36. The highest BCUT2D eigenvalue weighted by Crippen LogP contribution is 2.30. The minimum atomic E-state index is -0.819. The fourth-order valence-corrected chi connectivity index (χ4v) is 3.65. The number of hydrogen-bond acceptors (Lipinski definition) is 5. The van der Waals surface area contributed by atoms with Gasteiger partial charge in [-0.3, -0.25) is 9.89 Å². The Morgan fingerprint density at radius 3 is 2.66 bits per heavy atom. The maximum absolute atomic E-state index is 12.8. The van der Waals surface area contributed by atoms with Gasteiger partial charge in [0.05, 0.1) is 17.3 Å². The zero-order valence-electron chi connectivity index (χ0n) is 16.9. The van der Waals surface area contributed by atoms with E-state index >= 15 is 0 Å². The van der Waals surface area contributed by atoms with Crippen LogP contribution in [0.3, 0.4) is 0 Å². The van der Waals surface area contributed by atoms with Gasteiger partial charge in [-0.15, -0.1) is 0 Å². The fourth-order valence-electron chi connectivity index (χ4n) is 3.65. The number of rotatable bonds is 6. The summed E-state index contributed by atoms with van der Waals surface area (Å²) >= 11 is 0. The Hall–Kier alpha value is -2.90. The van der Waals surface area contributed by atoms with Crippen LogP contribution in [0.5, 0.6) is 5.75 Å². The summed E-state index contributed by atoms with van der Waals surface area (Å²) in [5.74, 6) is 0.691. The van der Waals surface area contributed by atoms with Gasteiger partial charge in [0, 0.05) is 30.3 Å². The summed E-state index contributed by atoms with van der Waals surface area (Å²) in [6, 6.07) is 13.6. The number of benzene rings is 2. The highest BCUT2D eigenvalue weighted by Gasteiger charge is 2.41. The van der Waals surface area contributed by atoms with Gasteiger partial charge in [0.2, 0.25) is 0 Å². The van der Waals surface area contributed by atoms with Crippen LogP contribution in [0, 0.1) is 0 Å². The standard InChI is InChI=1S/C22H26N4O3/c1-14(2)29-17-7-4-15(5-8-17)20-18-12-16(6-9-19(18)25-26-20)24-21(27)22(28-3)10-11-23-13-22/h4-9,12,14,23H,10-11,13H2,1-3H3,(H,24,27)(H,25,26)/t22-/m0/s1. The summed E-state index contributed by atoms with van der Waals surface area (Å²) in [6.07, 6.45) is 0.781. The molecule has 3 N–H and O–H groups in total. The van der Waals surface area contributed by atoms with Crippen LogP contribution in [-0.2, 0) is 9.53 Å². The molecule has 0 radical (unpaired) electrons. The van der Waals surface area contributed by atoms with Crippen LogP contribution in [0.1, 0.15) is 20.3 Å². The molecule has 0 spiro atoms. The number of hydrogen-bond donors (Lipinski definition) is 3. The number of aromatic amines is 1. The van der Waals surface area contributed by atoms with Crippen molar-refractivity contribution in [2.24, 2.45) is 0 Å². The molecule has 1 fully saturated rings. The Bertz CT molecular complexity index is 1000. The Morgan fingerprint density at radius 1 is 1.21 bits per heavy atom. The molecule has 4 rings (SSSR count). The number of methoxy groups -OCH3 is 1. The molecule has 2 heterocycles. The van der Waals surface area contributed by atoms with Gasteiger partial charge >= 0.3 is 0 Å². The minimum Gasteiger partial charge on any atom is -0.491 e. The van der Waals surface area contributed by atoms with E-state index in [4.69, 9.17) is 9.47 Å². The van der Waals surface area contributed by atoms with Crippen LogP contribution in [0.15, 0.2) is 42.5 Å². The van der Waals surface area contributed by atoms with Crippen LogP contribution in [0.25, 0.3) is 22.2 Å². The lowest BCUT2D eigenvalue weighted by Crippen LogP contribution is -2.46. The number of carbonyl (C=O) groups excluding carboxylic acids is 1. The lowest BCUT2D eigenvalue weighted by atomic mass is 10.0. The molecule has 1 aromatic heterocycles. The van der Waals surface area contributed by atoms with E-state index in [2.05, 4.69) is 20.8 Å². The zero-order chi connectivity index (χ0) is 20.4. The van der Waals surface area contributed by atoms with E-state index in [9.17, 15) is 4.79 Å². The van der Waals surface area contributed by atoms with E-state index in [1.165, 1.54) is 0 Å². The summed E-state index contributed by atoms with van der Waals surface area (Å²) in [7, 11) is 1.58. The molecule has 1 aliphatic heterocycles. The molecule has 0 bridgehead atoms. The fraction of sp³-hybridized carbons (Fsp3) is 0.364. The van der Waals surface area contributed by atoms with Gasteiger partial charge in [-0.2, -0.15) is 5.10 Å². The Labute approximate surface area is 169 Å². The SMILES string of the molecule is CO[C@@]1(C(=O)Nc2ccc3[nH]nc(-c4ccc(OC(C)C)cc4)c3c2)CCNC1. The van der Waals surface area contributed by atoms with Crippen LogP contribution >= 0.6 is 0 Å². The van der Waals surface area contributed by atoms with Crippen LogP contribution < -0.4 is 15.4 Å². The lowest BCUT2D eigenvalue weighted by Gasteiger charge is -2.25. The average molecular weight is 394 g/mol. The van der Waals surface area contributed by atoms with E-state index in [0.717, 1.165) is 34.5 Å². The Morgan fingerprint density at radius 2 is 2.00 bits per heavy atom. The number of nitrogens with one attached hydrogen (secondary N) is 3. The molecule has 152 valence electrons. The topological polar surface area (TPSA) is 88.3 Å². The van der Waals surface area contributed by atoms with Crippen LogP contribution in [0.2, 0.25) is 0 Å². The van der Waals surface area contributed by atoms with Crippen LogP contribution in [0.4, 0.5) is 5.69 Å². The van der Waals surface area contributed by atoms with E-state index < -0.39 is 5.60 Å². The Balaban J connectivity index is 1.60. The number of aromatic nitrogens is 2. The predicted molar refractivity (Wildman–Crippen MR) is 113 cm³/mol. The van der Waals surface area contributed by atoms with Crippen LogP contribution in [-0.4, -0.2) is 48.0 Å². The second-order valence-electron chi connectivity index (χ2n) is 7.60. The zero-order valence-corrected chi connectivity index (χ0v) is 16.9. The molecule has 3 aromatic rings. The molecule has 29 heavy (non-hydrogen) atoms. The summed E-state index contributed by atoms with van der Waals surface area (Å²) in [4.78, 5) is 12.8. The molecular weight excluding hydrogens is 368 g/mol. The van der Waals surface area contributed by atoms with Gasteiger partial charge in [-0.1, -0.05) is 0 Å². The van der Waals surface area contributed by atoms with Crippen molar-refractivity contribution in [2.75, 3.05) is 25.5 Å². The molecular formula is C22H26N4O3. The highest BCUT2D eigenvalue weighted by atomic mass is 16.5. The summed E-state index contributed by atoms with van der Waals surface area (Å²) in [6.45, 7) is 5.28. The molecule has 0 saturated carbocycles. The van der Waals surface area contributed by atoms with E-state index in [0.29, 0.717) is 18.7 Å². The summed E-state index contributed by atoms with van der Waals surface area (Å²) in [5, 5.41) is 14.7. The summed E-state index contributed by atoms with van der Waals surface area (Å²) in [5.41, 5.74) is 2.61. The normalized spacial score (nSPS) is 19.0. The highest BCUT2D eigenvalue weighted by molar-refractivity contribution is 6.01. The second-order valence-corrected chi connectivity index (χ2v) is 7.60. The molecule has 1 amide bonds. The van der Waals surface area contributed by atoms with Crippen molar-refractivity contribution in [1.82, 2.24) is 15.5 Å². The van der Waals surface area contributed by atoms with Gasteiger partial charge < -0.3 is 20.1 Å². The minimum absolute atomic E-state index is 0.128. The lowest BCUT2D eigenvalue weighted by molar-refractivity contribution is -0.135. The molecule has 7 nitrogen and oxygen atoms in total. The largest absolute Gasteiger partial charge is 0.491 e. The molecule has 7 heteroatoms. The molecule has 2 aromatic carbocycles. The van der Waals surface area contributed by atoms with Crippen molar-refractivity contribution >= 4 is 22.5 Å². The number of anilines is 1. The first kappa shape index (κ1) is 19.4. The number of fused-ring (bicyclic) bond motifs is 1. The van der Waals surface area contributed by atoms with Gasteiger partial charge in [0.15, 0.2) is 5.60 Å². The molecule has 1 atom stereocenters. The van der Waals surface area contributed by atoms with E-state index in [-0.39, 0.29) is 12.0 Å². The third-order valence-electron chi connectivity index (χ3n) is 5.24. The van der Waals surface area contributed by atoms with Gasteiger partial charge in [0.1, 0.15) is 5.75 Å². The van der Waals surface area contributed by atoms with Crippen molar-refractivity contribution in [3.8, 4) is 17.0 Å². The summed E-state index contributed by atoms with van der Waals surface area (Å²) < 4.78 is 11.2. The molecule has 1 saturated heterocycles. The number of amides is 1. The number of carbonyl (C=O) groups is 1. The first-order valence-electron chi connectivity index (χ1n) is 9.83. The van der Waals surface area contributed by atoms with Crippen molar-refractivity contribution < 1.29 is 14.3 Å². The third-order valence-corrected chi connectivity index (χ3v) is 5.24. The maximum atomic E-state index is 12.8.